The number of nitrogens with one attached hydrogen (secondary N) is 5. The number of fused-ring (bicyclic) bond motifs is 1. The van der Waals surface area contributed by atoms with E-state index in [9.17, 15) is 19.2 Å². The summed E-state index contributed by atoms with van der Waals surface area (Å²) >= 11 is 6.82. The maximum atomic E-state index is 14.5. The number of nitrogens with zero attached hydrogens (tertiary/aromatic N) is 2. The molecule has 0 spiro atoms. The van der Waals surface area contributed by atoms with Gasteiger partial charge in [0.15, 0.2) is 0 Å². The van der Waals surface area contributed by atoms with Crippen molar-refractivity contribution in [3.05, 3.63) is 173 Å². The minimum atomic E-state index is -0.648. The van der Waals surface area contributed by atoms with Gasteiger partial charge >= 0.3 is 17.5 Å². The number of alkyl carbamates (subject to hydrolysis) is 1. The van der Waals surface area contributed by atoms with E-state index in [0.29, 0.717) is 38.3 Å². The van der Waals surface area contributed by atoms with Gasteiger partial charge in [-0.05, 0) is 72.9 Å². The molecule has 0 aliphatic heterocycles. The van der Waals surface area contributed by atoms with E-state index in [1.807, 2.05) is 91.0 Å². The first-order valence-corrected chi connectivity index (χ1v) is 19.9. The number of halogens is 2. The highest BCUT2D eigenvalue weighted by Gasteiger charge is 2.43. The van der Waals surface area contributed by atoms with E-state index in [1.165, 1.54) is 0 Å². The topological polar surface area (TPSA) is 177 Å². The first-order valence-electron chi connectivity index (χ1n) is 18.3. The summed E-state index contributed by atoms with van der Waals surface area (Å²) in [5.74, 6) is -1.83. The van der Waals surface area contributed by atoms with E-state index in [1.54, 1.807) is 21.4 Å². The van der Waals surface area contributed by atoms with Gasteiger partial charge in [0, 0.05) is 36.6 Å². The van der Waals surface area contributed by atoms with Crippen LogP contribution in [0.4, 0.5) is 4.79 Å². The summed E-state index contributed by atoms with van der Waals surface area (Å²) in [4.78, 5) is 62.5. The van der Waals surface area contributed by atoms with E-state index >= 15 is 0 Å². The van der Waals surface area contributed by atoms with Crippen LogP contribution in [0, 0.1) is 11.8 Å². The number of benzene rings is 3. The number of imidazole rings is 2. The van der Waals surface area contributed by atoms with Crippen molar-refractivity contribution in [1.29, 1.82) is 0 Å². The predicted octanol–water partition coefficient (Wildman–Crippen LogP) is 6.14. The number of aromatic amines is 3. The smallest absolute Gasteiger partial charge is 0.407 e. The Hall–Kier alpha value is -5.42. The average molecular weight is 904 g/mol. The molecular weight excluding hydrogens is 862 g/mol. The lowest BCUT2D eigenvalue weighted by atomic mass is 9.70. The second kappa shape index (κ2) is 18.7. The molecule has 296 valence electrons. The maximum Gasteiger partial charge on any atom is 0.407 e. The van der Waals surface area contributed by atoms with E-state index < -0.39 is 23.6 Å². The number of hydrogen-bond acceptors (Lipinski definition) is 7. The number of rotatable bonds is 16. The zero-order chi connectivity index (χ0) is 39.7. The van der Waals surface area contributed by atoms with Gasteiger partial charge < -0.3 is 39.8 Å². The minimum absolute atomic E-state index is 0.0601. The molecule has 1 aliphatic carbocycles. The fraction of sp³-hybridized carbons (Fsp3) is 0.268. The van der Waals surface area contributed by atoms with Crippen LogP contribution < -0.4 is 22.0 Å². The zero-order valence-electron chi connectivity index (χ0n) is 30.7. The number of H-pyrrole nitrogens is 3. The highest BCUT2D eigenvalue weighted by atomic mass is 79.9. The molecule has 1 aliphatic rings. The van der Waals surface area contributed by atoms with Gasteiger partial charge in [0.1, 0.15) is 25.8 Å². The lowest BCUT2D eigenvalue weighted by molar-refractivity contribution is 0.0499. The van der Waals surface area contributed by atoms with E-state index in [-0.39, 0.29) is 63.9 Å². The standard InChI is InChI=1S/C41H41Br2N7O7/c42-31-17-32(47-37(31)43)38(51)44-19-30-29(18-46-40(53)57-23-28-14-8-3-9-15-28)16-34-36(35(30)33-20-45-39(52)48-33)50(25-56-22-27-12-6-2-7-13-27)41(54)49(34)24-55-21-26-10-4-1-5-11-26/h1-15,17,20,29-30,35,47H,16,18-19,21-25H2,(H,44,51)(H,46,53)(H2,45,48,52)/t29-,30-,35-/m1/s1. The van der Waals surface area contributed by atoms with Crippen molar-refractivity contribution in [1.82, 2.24) is 34.7 Å². The van der Waals surface area contributed by atoms with Gasteiger partial charge in [-0.1, -0.05) is 91.0 Å². The highest BCUT2D eigenvalue weighted by molar-refractivity contribution is 9.13. The second-order valence-corrected chi connectivity index (χ2v) is 15.3. The lowest BCUT2D eigenvalue weighted by Crippen LogP contribution is -2.45. The van der Waals surface area contributed by atoms with Gasteiger partial charge in [-0.2, -0.15) is 0 Å². The zero-order valence-corrected chi connectivity index (χ0v) is 33.9. The first-order chi connectivity index (χ1) is 27.7. The molecule has 2 amide bonds. The Morgan fingerprint density at radius 3 is 1.91 bits per heavy atom. The number of carbonyl (C=O) groups is 2. The van der Waals surface area contributed by atoms with Gasteiger partial charge in [-0.25, -0.2) is 14.4 Å². The molecule has 0 saturated carbocycles. The van der Waals surface area contributed by atoms with Crippen molar-refractivity contribution in [2.24, 2.45) is 11.8 Å². The minimum Gasteiger partial charge on any atom is -0.445 e. The molecule has 7 rings (SSSR count). The van der Waals surface area contributed by atoms with Crippen LogP contribution >= 0.6 is 31.9 Å². The number of amides is 2. The van der Waals surface area contributed by atoms with Gasteiger partial charge in [-0.15, -0.1) is 0 Å². The molecule has 0 unspecified atom stereocenters. The lowest BCUT2D eigenvalue weighted by Gasteiger charge is -2.38. The third-order valence-corrected chi connectivity index (χ3v) is 11.7. The van der Waals surface area contributed by atoms with Crippen LogP contribution in [0.2, 0.25) is 0 Å². The fourth-order valence-electron chi connectivity index (χ4n) is 7.23. The summed E-state index contributed by atoms with van der Waals surface area (Å²) in [6.07, 6.45) is 1.28. The van der Waals surface area contributed by atoms with Gasteiger partial charge in [-0.3, -0.25) is 13.9 Å². The Morgan fingerprint density at radius 2 is 1.35 bits per heavy atom. The van der Waals surface area contributed by atoms with Gasteiger partial charge in [0.25, 0.3) is 5.91 Å². The number of ether oxygens (including phenoxy) is 3. The number of aromatic nitrogens is 5. The molecule has 0 bridgehead atoms. The summed E-state index contributed by atoms with van der Waals surface area (Å²) in [5, 5.41) is 5.99. The largest absolute Gasteiger partial charge is 0.445 e. The summed E-state index contributed by atoms with van der Waals surface area (Å²) in [6, 6.07) is 30.3. The van der Waals surface area contributed by atoms with E-state index in [2.05, 4.69) is 57.4 Å². The normalized spacial score (nSPS) is 16.2. The highest BCUT2D eigenvalue weighted by Crippen LogP contribution is 2.43. The molecular formula is C41H41Br2N7O7. The second-order valence-electron chi connectivity index (χ2n) is 13.7. The van der Waals surface area contributed by atoms with Crippen molar-refractivity contribution in [2.75, 3.05) is 13.1 Å². The van der Waals surface area contributed by atoms with Crippen molar-refractivity contribution in [3.63, 3.8) is 0 Å². The average Bonchev–Trinajstić information content (AvgIpc) is 3.89. The van der Waals surface area contributed by atoms with Gasteiger partial charge in [0.2, 0.25) is 0 Å². The Morgan fingerprint density at radius 1 is 0.754 bits per heavy atom. The quantitative estimate of drug-likeness (QED) is 0.0775. The fourth-order valence-corrected chi connectivity index (χ4v) is 7.89. The molecule has 0 fully saturated rings. The molecule has 0 radical (unpaired) electrons. The van der Waals surface area contributed by atoms with E-state index in [4.69, 9.17) is 14.2 Å². The molecule has 14 nitrogen and oxygen atoms in total. The van der Waals surface area contributed by atoms with Crippen molar-refractivity contribution in [3.8, 4) is 0 Å². The Bertz CT molecular complexity index is 2370. The third kappa shape index (κ3) is 9.76. The van der Waals surface area contributed by atoms with Crippen molar-refractivity contribution < 1.29 is 23.8 Å². The van der Waals surface area contributed by atoms with E-state index in [0.717, 1.165) is 16.7 Å². The SMILES string of the molecule is O=C(NC[C@H]1Cc2c(n(COCc3ccccc3)c(=O)n2COCc2ccccc2)[C@@H](c2c[nH]c(=O)[nH]2)[C@@H]1CNC(=O)c1cc(Br)c(Br)[nH]1)OCc1ccccc1. The molecule has 3 atom stereocenters. The molecule has 3 aromatic carbocycles. The Kier molecular flexibility index (Phi) is 13.0. The van der Waals surface area contributed by atoms with Crippen molar-refractivity contribution in [2.45, 2.75) is 45.6 Å². The van der Waals surface area contributed by atoms with Crippen LogP contribution in [0.15, 0.2) is 122 Å². The summed E-state index contributed by atoms with van der Waals surface area (Å²) in [7, 11) is 0. The predicted molar refractivity (Wildman–Crippen MR) is 218 cm³/mol. The molecule has 6 aromatic rings. The van der Waals surface area contributed by atoms with Crippen LogP contribution in [0.25, 0.3) is 0 Å². The number of hydrogen-bond donors (Lipinski definition) is 5. The maximum absolute atomic E-state index is 14.5. The molecule has 16 heteroatoms. The Balaban J connectivity index is 1.25. The molecule has 0 saturated heterocycles. The summed E-state index contributed by atoms with van der Waals surface area (Å²) in [6.45, 7) is 0.698. The molecule has 3 aromatic heterocycles. The molecule has 3 heterocycles. The third-order valence-electron chi connectivity index (χ3n) is 9.96. The van der Waals surface area contributed by atoms with Crippen LogP contribution in [-0.4, -0.2) is 49.2 Å². The monoisotopic (exact) mass is 901 g/mol. The van der Waals surface area contributed by atoms with Crippen LogP contribution in [0.1, 0.15) is 50.2 Å². The van der Waals surface area contributed by atoms with Crippen LogP contribution in [0.5, 0.6) is 0 Å². The summed E-state index contributed by atoms with van der Waals surface area (Å²) < 4.78 is 22.3. The van der Waals surface area contributed by atoms with Crippen LogP contribution in [-0.2, 0) is 53.9 Å². The Labute approximate surface area is 344 Å². The molecule has 57 heavy (non-hydrogen) atoms. The molecule has 5 N–H and O–H groups in total. The van der Waals surface area contributed by atoms with Gasteiger partial charge in [0.05, 0.1) is 28.0 Å². The van der Waals surface area contributed by atoms with Crippen LogP contribution in [0.3, 0.4) is 0 Å². The number of carbonyl (C=O) groups excluding carboxylic acids is 2. The first kappa shape index (κ1) is 39.8. The summed E-state index contributed by atoms with van der Waals surface area (Å²) in [5.41, 5.74) is 4.02. The van der Waals surface area contributed by atoms with Crippen molar-refractivity contribution >= 4 is 43.9 Å².